The number of nitrogens with one attached hydrogen (secondary N) is 1. The fourth-order valence-electron chi connectivity index (χ4n) is 3.44. The summed E-state index contributed by atoms with van der Waals surface area (Å²) in [6, 6.07) is 19.5. The van der Waals surface area contributed by atoms with Crippen molar-refractivity contribution >= 4 is 28.4 Å². The van der Waals surface area contributed by atoms with E-state index in [2.05, 4.69) is 14.9 Å². The molecule has 0 bridgehead atoms. The van der Waals surface area contributed by atoms with Gasteiger partial charge in [0, 0.05) is 47.5 Å². The fraction of sp³-hybridized carbons (Fsp3) is 0.167. The maximum Gasteiger partial charge on any atom is 0.253 e. The summed E-state index contributed by atoms with van der Waals surface area (Å²) in [6.07, 6.45) is 4.39. The van der Waals surface area contributed by atoms with Crippen molar-refractivity contribution in [3.63, 3.8) is 0 Å². The number of fused-ring (bicyclic) bond motifs is 1. The summed E-state index contributed by atoms with van der Waals surface area (Å²) < 4.78 is 7.17. The van der Waals surface area contributed by atoms with Gasteiger partial charge in [-0.3, -0.25) is 4.79 Å². The third-order valence-electron chi connectivity index (χ3n) is 5.01. The van der Waals surface area contributed by atoms with Crippen LogP contribution < -0.4 is 10.1 Å². The van der Waals surface area contributed by atoms with Crippen molar-refractivity contribution in [1.82, 2.24) is 14.9 Å². The monoisotopic (exact) mass is 419 g/mol. The first-order valence-electron chi connectivity index (χ1n) is 9.73. The Hall–Kier alpha value is -3.31. The van der Waals surface area contributed by atoms with Gasteiger partial charge in [-0.1, -0.05) is 48.0 Å². The molecule has 2 aromatic carbocycles. The van der Waals surface area contributed by atoms with Gasteiger partial charge < -0.3 is 14.6 Å². The van der Waals surface area contributed by atoms with Crippen molar-refractivity contribution in [2.75, 3.05) is 13.7 Å². The van der Waals surface area contributed by atoms with E-state index in [9.17, 15) is 4.79 Å². The Balaban J connectivity index is 1.48. The predicted molar refractivity (Wildman–Crippen MR) is 119 cm³/mol. The Morgan fingerprint density at radius 3 is 2.57 bits per heavy atom. The Bertz CT molecular complexity index is 1150. The van der Waals surface area contributed by atoms with Crippen LogP contribution in [0.15, 0.2) is 73.1 Å². The van der Waals surface area contributed by atoms with Crippen LogP contribution in [0.4, 0.5) is 0 Å². The van der Waals surface area contributed by atoms with Crippen molar-refractivity contribution in [3.05, 3.63) is 94.8 Å². The van der Waals surface area contributed by atoms with E-state index in [0.717, 1.165) is 22.0 Å². The Morgan fingerprint density at radius 1 is 1.07 bits per heavy atom. The second-order valence-corrected chi connectivity index (χ2v) is 7.47. The minimum Gasteiger partial charge on any atom is -0.481 e. The molecule has 0 radical (unpaired) electrons. The molecule has 0 atom stereocenters. The van der Waals surface area contributed by atoms with E-state index in [4.69, 9.17) is 16.3 Å². The van der Waals surface area contributed by atoms with Gasteiger partial charge >= 0.3 is 0 Å². The molecule has 2 aromatic heterocycles. The quantitative estimate of drug-likeness (QED) is 0.471. The van der Waals surface area contributed by atoms with Crippen LogP contribution in [-0.4, -0.2) is 29.1 Å². The molecule has 2 heterocycles. The van der Waals surface area contributed by atoms with Gasteiger partial charge in [0.05, 0.1) is 12.7 Å². The van der Waals surface area contributed by atoms with Crippen LogP contribution in [0.3, 0.4) is 0 Å². The number of hydrogen-bond donors (Lipinski definition) is 1. The molecule has 5 nitrogen and oxygen atoms in total. The zero-order valence-corrected chi connectivity index (χ0v) is 17.4. The number of hydrogen-bond acceptors (Lipinski definition) is 3. The molecule has 1 N–H and O–H groups in total. The molecule has 0 unspecified atom stereocenters. The maximum atomic E-state index is 12.9. The van der Waals surface area contributed by atoms with E-state index in [-0.39, 0.29) is 5.91 Å². The van der Waals surface area contributed by atoms with E-state index < -0.39 is 0 Å². The predicted octanol–water partition coefficient (Wildman–Crippen LogP) is 4.72. The average Bonchev–Trinajstić information content (AvgIpc) is 3.14. The zero-order chi connectivity index (χ0) is 20.9. The Labute approximate surface area is 180 Å². The number of ether oxygens (including phenoxy) is 1. The van der Waals surface area contributed by atoms with Crippen molar-refractivity contribution in [3.8, 4) is 5.88 Å². The zero-order valence-electron chi connectivity index (χ0n) is 16.6. The normalized spacial score (nSPS) is 10.9. The van der Waals surface area contributed by atoms with Gasteiger partial charge in [0.1, 0.15) is 0 Å². The van der Waals surface area contributed by atoms with Crippen molar-refractivity contribution in [2.45, 2.75) is 13.0 Å². The number of methoxy groups -OCH3 is 1. The summed E-state index contributed by atoms with van der Waals surface area (Å²) in [7, 11) is 1.59. The molecule has 152 valence electrons. The molecule has 0 saturated carbocycles. The second kappa shape index (κ2) is 9.01. The van der Waals surface area contributed by atoms with Gasteiger partial charge in [-0.2, -0.15) is 0 Å². The van der Waals surface area contributed by atoms with Crippen LogP contribution in [0.2, 0.25) is 5.02 Å². The molecule has 4 aromatic rings. The number of carbonyl (C=O) groups is 1. The number of nitrogens with zero attached hydrogens (tertiary/aromatic N) is 2. The number of rotatable bonds is 7. The topological polar surface area (TPSA) is 56.1 Å². The molecule has 0 aliphatic rings. The first-order chi connectivity index (χ1) is 14.6. The number of carbonyl (C=O) groups excluding carboxylic acids is 1. The van der Waals surface area contributed by atoms with Crippen LogP contribution in [0.5, 0.6) is 5.88 Å². The van der Waals surface area contributed by atoms with Crippen LogP contribution in [-0.2, 0) is 13.0 Å². The lowest BCUT2D eigenvalue weighted by atomic mass is 10.1. The summed E-state index contributed by atoms with van der Waals surface area (Å²) in [4.78, 5) is 17.1. The van der Waals surface area contributed by atoms with Crippen LogP contribution in [0, 0.1) is 0 Å². The van der Waals surface area contributed by atoms with E-state index in [1.807, 2.05) is 66.9 Å². The summed E-state index contributed by atoms with van der Waals surface area (Å²) in [6.45, 7) is 1.20. The molecule has 4 rings (SSSR count). The van der Waals surface area contributed by atoms with E-state index in [1.165, 1.54) is 0 Å². The number of aromatic nitrogens is 2. The Kier molecular flexibility index (Phi) is 6.00. The first-order valence-corrected chi connectivity index (χ1v) is 10.1. The van der Waals surface area contributed by atoms with Gasteiger partial charge in [0.15, 0.2) is 0 Å². The highest BCUT2D eigenvalue weighted by Gasteiger charge is 2.15. The van der Waals surface area contributed by atoms with Gasteiger partial charge in [0.2, 0.25) is 5.88 Å². The molecule has 0 saturated heterocycles. The number of halogens is 1. The highest BCUT2D eigenvalue weighted by Crippen LogP contribution is 2.23. The average molecular weight is 420 g/mol. The largest absolute Gasteiger partial charge is 0.481 e. The summed E-state index contributed by atoms with van der Waals surface area (Å²) in [5, 5.41) is 4.68. The van der Waals surface area contributed by atoms with Crippen molar-refractivity contribution < 1.29 is 9.53 Å². The minimum absolute atomic E-state index is 0.0810. The molecule has 0 aliphatic carbocycles. The van der Waals surface area contributed by atoms with Crippen molar-refractivity contribution in [2.24, 2.45) is 0 Å². The third kappa shape index (κ3) is 4.47. The molecular weight excluding hydrogens is 398 g/mol. The maximum absolute atomic E-state index is 12.9. The Morgan fingerprint density at radius 2 is 1.83 bits per heavy atom. The van der Waals surface area contributed by atoms with Crippen LogP contribution in [0.25, 0.3) is 10.9 Å². The molecule has 0 spiro atoms. The molecular formula is C24H22ClN3O2. The van der Waals surface area contributed by atoms with Gasteiger partial charge in [-0.25, -0.2) is 4.98 Å². The molecule has 1 amide bonds. The number of amides is 1. The fourth-order valence-corrected chi connectivity index (χ4v) is 3.57. The number of benzene rings is 2. The molecule has 0 fully saturated rings. The lowest BCUT2D eigenvalue weighted by Gasteiger charge is -2.06. The molecule has 30 heavy (non-hydrogen) atoms. The number of pyridine rings is 1. The lowest BCUT2D eigenvalue weighted by molar-refractivity contribution is 0.0955. The highest BCUT2D eigenvalue weighted by atomic mass is 35.5. The second-order valence-electron chi connectivity index (χ2n) is 7.03. The van der Waals surface area contributed by atoms with Gasteiger partial charge in [-0.15, -0.1) is 0 Å². The van der Waals surface area contributed by atoms with E-state index >= 15 is 0 Å². The van der Waals surface area contributed by atoms with E-state index in [0.29, 0.717) is 36.0 Å². The summed E-state index contributed by atoms with van der Waals surface area (Å²) in [5.74, 6) is 0.499. The van der Waals surface area contributed by atoms with Crippen molar-refractivity contribution in [1.29, 1.82) is 0 Å². The summed E-state index contributed by atoms with van der Waals surface area (Å²) >= 11 is 5.99. The minimum atomic E-state index is -0.0810. The smallest absolute Gasteiger partial charge is 0.253 e. The third-order valence-corrected chi connectivity index (χ3v) is 5.26. The SMILES string of the molecule is COc1ccc(CCNC(=O)c2cn(Cc3ccc(Cl)cc3)c3ccccc23)cn1. The lowest BCUT2D eigenvalue weighted by Crippen LogP contribution is -2.25. The van der Waals surface area contributed by atoms with Crippen LogP contribution in [0.1, 0.15) is 21.5 Å². The first kappa shape index (κ1) is 20.0. The number of para-hydroxylation sites is 1. The highest BCUT2D eigenvalue weighted by molar-refractivity contribution is 6.30. The standard InChI is InChI=1S/C24H22ClN3O2/c1-30-23-11-8-17(14-27-23)12-13-26-24(29)21-16-28(22-5-3-2-4-20(21)22)15-18-6-9-19(25)10-7-18/h2-11,14,16H,12-13,15H2,1H3,(H,26,29). The van der Waals surface area contributed by atoms with Gasteiger partial charge in [0.25, 0.3) is 5.91 Å². The summed E-state index contributed by atoms with van der Waals surface area (Å²) in [5.41, 5.74) is 3.87. The van der Waals surface area contributed by atoms with E-state index in [1.54, 1.807) is 13.3 Å². The molecule has 0 aliphatic heterocycles. The molecule has 6 heteroatoms. The van der Waals surface area contributed by atoms with Crippen LogP contribution >= 0.6 is 11.6 Å². The van der Waals surface area contributed by atoms with Gasteiger partial charge in [-0.05, 0) is 35.7 Å².